The van der Waals surface area contributed by atoms with E-state index >= 15 is 0 Å². The third kappa shape index (κ3) is 3.35. The average molecular weight is 315 g/mol. The Balaban J connectivity index is 2.15. The molecule has 2 rings (SSSR count). The van der Waals surface area contributed by atoms with E-state index in [0.29, 0.717) is 17.2 Å². The first-order valence-electron chi connectivity index (χ1n) is 6.21. The molecule has 1 unspecified atom stereocenters. The highest BCUT2D eigenvalue weighted by atomic mass is 35.5. The van der Waals surface area contributed by atoms with Crippen molar-refractivity contribution in [2.75, 3.05) is 10.6 Å². The van der Waals surface area contributed by atoms with Gasteiger partial charge < -0.3 is 10.6 Å². The Bertz CT molecular complexity index is 725. The molecule has 0 aromatic heterocycles. The molecule has 2 N–H and O–H groups in total. The van der Waals surface area contributed by atoms with Crippen molar-refractivity contribution in [3.8, 4) is 12.3 Å². The summed E-state index contributed by atoms with van der Waals surface area (Å²) in [4.78, 5) is 16.1. The lowest BCUT2D eigenvalue weighted by molar-refractivity contribution is -0.114. The van der Waals surface area contributed by atoms with Crippen LogP contribution < -0.4 is 10.6 Å². The molecule has 8 heteroatoms. The van der Waals surface area contributed by atoms with Gasteiger partial charge in [0, 0.05) is 18.3 Å². The van der Waals surface area contributed by atoms with Crippen molar-refractivity contribution < 1.29 is 4.79 Å². The predicted molar refractivity (Wildman–Crippen MR) is 82.6 cm³/mol. The van der Waals surface area contributed by atoms with Gasteiger partial charge in [-0.25, -0.2) is 9.89 Å². The minimum Gasteiger partial charge on any atom is -0.341 e. The van der Waals surface area contributed by atoms with Gasteiger partial charge >= 0.3 is 0 Å². The van der Waals surface area contributed by atoms with Gasteiger partial charge in [0.1, 0.15) is 17.6 Å². The van der Waals surface area contributed by atoms with Crippen LogP contribution in [-0.2, 0) is 4.79 Å². The second kappa shape index (κ2) is 6.61. The molecule has 1 aromatic carbocycles. The fourth-order valence-electron chi connectivity index (χ4n) is 1.77. The van der Waals surface area contributed by atoms with Gasteiger partial charge in [-0.15, -0.1) is 0 Å². The van der Waals surface area contributed by atoms with Crippen molar-refractivity contribution in [3.63, 3.8) is 0 Å². The van der Waals surface area contributed by atoms with Crippen molar-refractivity contribution in [1.29, 1.82) is 10.5 Å². The van der Waals surface area contributed by atoms with Gasteiger partial charge in [-0.2, -0.15) is 10.5 Å². The standard InChI is InChI=1S/C14H11ClN6O/c1-9(22)19-10-2-4-11(5-3-10)20-14-13(15)21(8-17)12(6-16)7-18-14/h2-5,7,13H,1H3,(H,18,20)(H,19,22). The quantitative estimate of drug-likeness (QED) is 0.494. The highest BCUT2D eigenvalue weighted by Gasteiger charge is 2.27. The van der Waals surface area contributed by atoms with Gasteiger partial charge in [0.05, 0.1) is 6.20 Å². The molecule has 7 nitrogen and oxygen atoms in total. The minimum atomic E-state index is -0.889. The van der Waals surface area contributed by atoms with Crippen molar-refractivity contribution in [2.24, 2.45) is 4.99 Å². The van der Waals surface area contributed by atoms with Gasteiger partial charge in [-0.3, -0.25) is 4.79 Å². The molecule has 1 amide bonds. The lowest BCUT2D eigenvalue weighted by Gasteiger charge is -2.25. The lowest BCUT2D eigenvalue weighted by Crippen LogP contribution is -2.38. The molecule has 1 aliphatic heterocycles. The number of nitriles is 2. The van der Waals surface area contributed by atoms with E-state index in [1.165, 1.54) is 13.1 Å². The highest BCUT2D eigenvalue weighted by Crippen LogP contribution is 2.21. The number of benzene rings is 1. The van der Waals surface area contributed by atoms with E-state index in [4.69, 9.17) is 22.1 Å². The molecule has 22 heavy (non-hydrogen) atoms. The number of rotatable bonds is 2. The number of amides is 1. The van der Waals surface area contributed by atoms with Crippen molar-refractivity contribution in [3.05, 3.63) is 36.2 Å². The number of aliphatic imine (C=N–C) groups is 1. The summed E-state index contributed by atoms with van der Waals surface area (Å²) in [6.07, 6.45) is 3.12. The molecule has 1 aliphatic rings. The maximum absolute atomic E-state index is 11.0. The number of hydrogen-bond acceptors (Lipinski definition) is 6. The number of carbonyl (C=O) groups excluding carboxylic acids is 1. The Morgan fingerprint density at radius 3 is 2.50 bits per heavy atom. The molecule has 110 valence electrons. The van der Waals surface area contributed by atoms with Crippen LogP contribution >= 0.6 is 11.6 Å². The zero-order valence-corrected chi connectivity index (χ0v) is 12.3. The molecule has 0 radical (unpaired) electrons. The van der Waals surface area contributed by atoms with Crippen LogP contribution in [0, 0.1) is 22.8 Å². The zero-order valence-electron chi connectivity index (χ0n) is 11.5. The molecular weight excluding hydrogens is 304 g/mol. The highest BCUT2D eigenvalue weighted by molar-refractivity contribution is 6.33. The third-order valence-electron chi connectivity index (χ3n) is 2.74. The Kier molecular flexibility index (Phi) is 4.62. The number of amidine groups is 1. The lowest BCUT2D eigenvalue weighted by atomic mass is 10.2. The van der Waals surface area contributed by atoms with Crippen LogP contribution in [0.4, 0.5) is 11.4 Å². The van der Waals surface area contributed by atoms with E-state index in [9.17, 15) is 4.79 Å². The number of halogens is 1. The van der Waals surface area contributed by atoms with Crippen molar-refractivity contribution >= 4 is 34.7 Å². The fourth-order valence-corrected chi connectivity index (χ4v) is 2.03. The van der Waals surface area contributed by atoms with Crippen LogP contribution in [-0.4, -0.2) is 22.1 Å². The van der Waals surface area contributed by atoms with Crippen LogP contribution in [0.15, 0.2) is 41.2 Å². The van der Waals surface area contributed by atoms with Gasteiger partial charge in [0.2, 0.25) is 5.91 Å². The number of hydrogen-bond donors (Lipinski definition) is 2. The maximum Gasteiger partial charge on any atom is 0.221 e. The second-order valence-corrected chi connectivity index (χ2v) is 4.74. The van der Waals surface area contributed by atoms with Crippen molar-refractivity contribution in [1.82, 2.24) is 4.90 Å². The van der Waals surface area contributed by atoms with E-state index < -0.39 is 5.50 Å². The fraction of sp³-hybridized carbons (Fsp3) is 0.143. The average Bonchev–Trinajstić information content (AvgIpc) is 2.50. The zero-order chi connectivity index (χ0) is 16.1. The summed E-state index contributed by atoms with van der Waals surface area (Å²) in [7, 11) is 0. The first-order valence-corrected chi connectivity index (χ1v) is 6.64. The second-order valence-electron chi connectivity index (χ2n) is 4.33. The molecule has 0 bridgehead atoms. The van der Waals surface area contributed by atoms with E-state index in [1.807, 2.05) is 12.3 Å². The van der Waals surface area contributed by atoms with Crippen molar-refractivity contribution in [2.45, 2.75) is 12.4 Å². The molecule has 0 fully saturated rings. The van der Waals surface area contributed by atoms with E-state index in [1.54, 1.807) is 24.3 Å². The summed E-state index contributed by atoms with van der Waals surface area (Å²) in [5.74, 6) is 0.173. The van der Waals surface area contributed by atoms with Crippen LogP contribution in [0.5, 0.6) is 0 Å². The van der Waals surface area contributed by atoms with Gasteiger partial charge in [0.15, 0.2) is 11.7 Å². The topological polar surface area (TPSA) is 104 Å². The van der Waals surface area contributed by atoms with E-state index in [0.717, 1.165) is 4.90 Å². The molecular formula is C14H11ClN6O. The number of nitrogens with zero attached hydrogens (tertiary/aromatic N) is 4. The summed E-state index contributed by atoms with van der Waals surface area (Å²) in [5.41, 5.74) is 0.537. The molecule has 1 aromatic rings. The van der Waals surface area contributed by atoms with Gasteiger partial charge in [0.25, 0.3) is 0 Å². The summed E-state index contributed by atoms with van der Waals surface area (Å²) < 4.78 is 0. The van der Waals surface area contributed by atoms with Crippen LogP contribution in [0.1, 0.15) is 6.92 Å². The van der Waals surface area contributed by atoms with Gasteiger partial charge in [-0.05, 0) is 24.3 Å². The van der Waals surface area contributed by atoms with Gasteiger partial charge in [-0.1, -0.05) is 11.6 Å². The number of anilines is 2. The molecule has 0 saturated carbocycles. The SMILES string of the molecule is CC(=O)Nc1ccc(NC2=NC=C(C#N)N(C#N)C2Cl)cc1. The Hall–Kier alpha value is -3.03. The van der Waals surface area contributed by atoms with E-state index in [2.05, 4.69) is 15.6 Å². The number of allylic oxidation sites excluding steroid dienone is 1. The third-order valence-corrected chi connectivity index (χ3v) is 3.14. The predicted octanol–water partition coefficient (Wildman–Crippen LogP) is 2.18. The summed E-state index contributed by atoms with van der Waals surface area (Å²) in [6.45, 7) is 1.43. The first kappa shape index (κ1) is 15.4. The summed E-state index contributed by atoms with van der Waals surface area (Å²) in [5, 5.41) is 23.6. The minimum absolute atomic E-state index is 0.0778. The number of alkyl halides is 1. The first-order chi connectivity index (χ1) is 10.5. The smallest absolute Gasteiger partial charge is 0.221 e. The number of nitrogens with one attached hydrogen (secondary N) is 2. The molecule has 0 spiro atoms. The van der Waals surface area contributed by atoms with Crippen LogP contribution in [0.25, 0.3) is 0 Å². The monoisotopic (exact) mass is 314 g/mol. The molecule has 0 aliphatic carbocycles. The Morgan fingerprint density at radius 2 is 1.95 bits per heavy atom. The van der Waals surface area contributed by atoms with Crippen LogP contribution in [0.2, 0.25) is 0 Å². The Morgan fingerprint density at radius 1 is 1.32 bits per heavy atom. The molecule has 1 atom stereocenters. The largest absolute Gasteiger partial charge is 0.341 e. The Labute approximate surface area is 132 Å². The summed E-state index contributed by atoms with van der Waals surface area (Å²) in [6, 6.07) is 8.75. The number of carbonyl (C=O) groups is 1. The molecule has 1 heterocycles. The summed E-state index contributed by atoms with van der Waals surface area (Å²) >= 11 is 6.13. The normalized spacial score (nSPS) is 16.7. The van der Waals surface area contributed by atoms with E-state index in [-0.39, 0.29) is 11.6 Å². The van der Waals surface area contributed by atoms with Crippen LogP contribution in [0.3, 0.4) is 0 Å². The maximum atomic E-state index is 11.0. The molecule has 0 saturated heterocycles.